The Hall–Kier alpha value is -4.82. The molecule has 5 aromatic rings. The van der Waals surface area contributed by atoms with Crippen LogP contribution in [0.4, 0.5) is 11.4 Å². The van der Waals surface area contributed by atoms with Gasteiger partial charge in [0.1, 0.15) is 10.9 Å². The second-order valence-corrected chi connectivity index (χ2v) is 12.3. The smallest absolute Gasteiger partial charge is 0.272 e. The first kappa shape index (κ1) is 32.6. The molecule has 230 valence electrons. The lowest BCUT2D eigenvalue weighted by molar-refractivity contribution is -0.116. The maximum Gasteiger partial charge on any atom is 0.272 e. The fourth-order valence-electron chi connectivity index (χ4n) is 4.52. The van der Waals surface area contributed by atoms with Crippen LogP contribution in [0.1, 0.15) is 32.3 Å². The molecule has 0 aliphatic carbocycles. The highest BCUT2D eigenvalue weighted by atomic mass is 35.5. The molecule has 0 aliphatic heterocycles. The van der Waals surface area contributed by atoms with Crippen LogP contribution in [-0.4, -0.2) is 17.7 Å². The van der Waals surface area contributed by atoms with Crippen molar-refractivity contribution in [3.05, 3.63) is 165 Å². The predicted octanol–water partition coefficient (Wildman–Crippen LogP) is 9.18. The van der Waals surface area contributed by atoms with E-state index in [1.807, 2.05) is 73.7 Å². The predicted molar refractivity (Wildman–Crippen MR) is 188 cm³/mol. The number of anilines is 2. The Balaban J connectivity index is 1.39. The van der Waals surface area contributed by atoms with Crippen LogP contribution >= 0.6 is 35.0 Å². The van der Waals surface area contributed by atoms with Crippen molar-refractivity contribution in [1.82, 2.24) is 5.32 Å². The molecule has 0 heterocycles. The summed E-state index contributed by atoms with van der Waals surface area (Å²) in [5, 5.41) is 8.75. The lowest BCUT2D eigenvalue weighted by atomic mass is 10.1. The fraction of sp³-hybridized carbons (Fsp3) is 0.0541. The Morgan fingerprint density at radius 1 is 0.739 bits per heavy atom. The molecule has 1 atom stereocenters. The summed E-state index contributed by atoms with van der Waals surface area (Å²) in [6.45, 7) is 1.93. The highest BCUT2D eigenvalue weighted by Crippen LogP contribution is 2.38. The van der Waals surface area contributed by atoms with Crippen molar-refractivity contribution in [2.75, 3.05) is 10.6 Å². The van der Waals surface area contributed by atoms with E-state index in [0.717, 1.165) is 21.6 Å². The zero-order valence-corrected chi connectivity index (χ0v) is 27.0. The summed E-state index contributed by atoms with van der Waals surface area (Å²) in [5.74, 6) is -1.19. The van der Waals surface area contributed by atoms with Crippen LogP contribution in [0.15, 0.2) is 138 Å². The second-order valence-electron chi connectivity index (χ2n) is 10.2. The van der Waals surface area contributed by atoms with Crippen molar-refractivity contribution < 1.29 is 14.4 Å². The number of hydrogen-bond acceptors (Lipinski definition) is 4. The molecular formula is C37H29Cl2N3O3S. The highest BCUT2D eigenvalue weighted by molar-refractivity contribution is 8.00. The van der Waals surface area contributed by atoms with Crippen LogP contribution in [0.2, 0.25) is 10.0 Å². The fourth-order valence-corrected chi connectivity index (χ4v) is 5.94. The van der Waals surface area contributed by atoms with Crippen LogP contribution in [-0.2, 0) is 9.59 Å². The summed E-state index contributed by atoms with van der Waals surface area (Å²) >= 11 is 13.8. The number of thioether (sulfide) groups is 1. The summed E-state index contributed by atoms with van der Waals surface area (Å²) in [5.41, 5.74) is 3.93. The number of carbonyl (C=O) groups is 3. The van der Waals surface area contributed by atoms with E-state index in [4.69, 9.17) is 23.2 Å². The molecule has 3 N–H and O–H groups in total. The van der Waals surface area contributed by atoms with Crippen molar-refractivity contribution in [2.24, 2.45) is 0 Å². The molecule has 0 radical (unpaired) electrons. The molecule has 0 spiro atoms. The topological polar surface area (TPSA) is 87.3 Å². The summed E-state index contributed by atoms with van der Waals surface area (Å²) in [6.07, 6.45) is 1.65. The van der Waals surface area contributed by atoms with Gasteiger partial charge in [0.25, 0.3) is 11.8 Å². The molecule has 0 saturated carbocycles. The van der Waals surface area contributed by atoms with Gasteiger partial charge in [0.15, 0.2) is 0 Å². The molecule has 3 amide bonds. The Morgan fingerprint density at radius 3 is 2.17 bits per heavy atom. The van der Waals surface area contributed by atoms with Gasteiger partial charge in [0.05, 0.1) is 10.7 Å². The SMILES string of the molecule is Cc1ccccc1/C=C(\NC(=O)c1ccccc1)C(=O)Nc1cccc(SC(C(=O)Nc2cc(Cl)ccc2Cl)c2ccccc2)c1. The second kappa shape index (κ2) is 15.5. The van der Waals surface area contributed by atoms with E-state index >= 15 is 0 Å². The number of halogens is 2. The van der Waals surface area contributed by atoms with Crippen molar-refractivity contribution in [1.29, 1.82) is 0 Å². The first-order chi connectivity index (χ1) is 22.3. The van der Waals surface area contributed by atoms with Gasteiger partial charge in [-0.2, -0.15) is 0 Å². The maximum atomic E-state index is 13.6. The van der Waals surface area contributed by atoms with E-state index in [-0.39, 0.29) is 11.6 Å². The van der Waals surface area contributed by atoms with Crippen LogP contribution in [0.5, 0.6) is 0 Å². The third-order valence-corrected chi connectivity index (χ3v) is 8.70. The van der Waals surface area contributed by atoms with Gasteiger partial charge < -0.3 is 16.0 Å². The van der Waals surface area contributed by atoms with Gasteiger partial charge >= 0.3 is 0 Å². The number of nitrogens with one attached hydrogen (secondary N) is 3. The molecule has 0 saturated heterocycles. The molecule has 0 fully saturated rings. The molecule has 0 aliphatic rings. The number of amides is 3. The maximum absolute atomic E-state index is 13.6. The lowest BCUT2D eigenvalue weighted by Gasteiger charge is -2.18. The third-order valence-electron chi connectivity index (χ3n) is 6.89. The Bertz CT molecular complexity index is 1900. The van der Waals surface area contributed by atoms with Gasteiger partial charge in [0.2, 0.25) is 5.91 Å². The van der Waals surface area contributed by atoms with Gasteiger partial charge in [-0.25, -0.2) is 0 Å². The molecule has 0 aromatic heterocycles. The van der Waals surface area contributed by atoms with Gasteiger partial charge in [-0.15, -0.1) is 11.8 Å². The summed E-state index contributed by atoms with van der Waals surface area (Å²) in [6, 6.07) is 37.7. The minimum absolute atomic E-state index is 0.0844. The molecular weight excluding hydrogens is 637 g/mol. The van der Waals surface area contributed by atoms with Crippen LogP contribution < -0.4 is 16.0 Å². The largest absolute Gasteiger partial charge is 0.323 e. The van der Waals surface area contributed by atoms with E-state index in [0.29, 0.717) is 27.0 Å². The van der Waals surface area contributed by atoms with E-state index in [1.165, 1.54) is 11.8 Å². The third kappa shape index (κ3) is 8.67. The van der Waals surface area contributed by atoms with Crippen molar-refractivity contribution in [2.45, 2.75) is 17.1 Å². The van der Waals surface area contributed by atoms with E-state index in [9.17, 15) is 14.4 Å². The minimum Gasteiger partial charge on any atom is -0.323 e. The van der Waals surface area contributed by atoms with Crippen LogP contribution in [0.25, 0.3) is 6.08 Å². The summed E-state index contributed by atoms with van der Waals surface area (Å²) in [4.78, 5) is 41.0. The standard InChI is InChI=1S/C37H29Cl2N3O3S/c1-24-11-8-9-16-27(24)21-33(42-35(43)26-14-6-3-7-15-26)36(44)40-29-17-10-18-30(23-29)46-34(25-12-4-2-5-13-25)37(45)41-32-22-28(38)19-20-31(32)39/h2-23,34H,1H3,(H,40,44)(H,41,45)(H,42,43)/b33-21-. The highest BCUT2D eigenvalue weighted by Gasteiger charge is 2.23. The van der Waals surface area contributed by atoms with E-state index in [1.54, 1.807) is 66.7 Å². The molecule has 1 unspecified atom stereocenters. The van der Waals surface area contributed by atoms with E-state index in [2.05, 4.69) is 16.0 Å². The first-order valence-corrected chi connectivity index (χ1v) is 15.9. The molecule has 5 rings (SSSR count). The zero-order valence-electron chi connectivity index (χ0n) is 24.7. The lowest BCUT2D eigenvalue weighted by Crippen LogP contribution is -2.30. The number of carbonyl (C=O) groups excluding carboxylic acids is 3. The minimum atomic E-state index is -0.649. The van der Waals surface area contributed by atoms with Crippen LogP contribution in [0, 0.1) is 6.92 Å². The molecule has 5 aromatic carbocycles. The summed E-state index contributed by atoms with van der Waals surface area (Å²) < 4.78 is 0. The average molecular weight is 667 g/mol. The Labute approximate surface area is 281 Å². The monoisotopic (exact) mass is 665 g/mol. The van der Waals surface area contributed by atoms with Crippen LogP contribution in [0.3, 0.4) is 0 Å². The molecule has 9 heteroatoms. The van der Waals surface area contributed by atoms with Gasteiger partial charge in [-0.05, 0) is 78.2 Å². The zero-order chi connectivity index (χ0) is 32.5. The average Bonchev–Trinajstić information content (AvgIpc) is 3.07. The number of hydrogen-bond donors (Lipinski definition) is 3. The summed E-state index contributed by atoms with van der Waals surface area (Å²) in [7, 11) is 0. The van der Waals surface area contributed by atoms with Crippen molar-refractivity contribution in [3.8, 4) is 0 Å². The van der Waals surface area contributed by atoms with E-state index < -0.39 is 17.1 Å². The molecule has 46 heavy (non-hydrogen) atoms. The normalized spacial score (nSPS) is 11.8. The number of benzene rings is 5. The van der Waals surface area contributed by atoms with Gasteiger partial charge in [0, 0.05) is 21.2 Å². The van der Waals surface area contributed by atoms with Crippen molar-refractivity contribution >= 4 is 70.1 Å². The first-order valence-electron chi connectivity index (χ1n) is 14.3. The van der Waals surface area contributed by atoms with Crippen molar-refractivity contribution in [3.63, 3.8) is 0 Å². The molecule has 6 nitrogen and oxygen atoms in total. The number of aryl methyl sites for hydroxylation is 1. The quantitative estimate of drug-likeness (QED) is 0.103. The Morgan fingerprint density at radius 2 is 1.43 bits per heavy atom. The number of rotatable bonds is 10. The van der Waals surface area contributed by atoms with Gasteiger partial charge in [-0.3, -0.25) is 14.4 Å². The van der Waals surface area contributed by atoms with Gasteiger partial charge in [-0.1, -0.05) is 102 Å². The molecule has 0 bridgehead atoms. The Kier molecular flexibility index (Phi) is 10.9.